The molecule has 1 aromatic carbocycles. The zero-order valence-electron chi connectivity index (χ0n) is 17.2. The van der Waals surface area contributed by atoms with Crippen molar-refractivity contribution in [2.24, 2.45) is 0 Å². The summed E-state index contributed by atoms with van der Waals surface area (Å²) in [5, 5.41) is 5.11. The maximum absolute atomic E-state index is 12.8. The van der Waals surface area contributed by atoms with Crippen LogP contribution in [0.4, 0.5) is 0 Å². The van der Waals surface area contributed by atoms with Gasteiger partial charge in [-0.2, -0.15) is 0 Å². The summed E-state index contributed by atoms with van der Waals surface area (Å²) in [6.07, 6.45) is 4.06. The quantitative estimate of drug-likeness (QED) is 0.655. The van der Waals surface area contributed by atoms with Crippen molar-refractivity contribution in [3.05, 3.63) is 57.3 Å². The predicted octanol–water partition coefficient (Wildman–Crippen LogP) is 3.71. The molecular weight excluding hydrogens is 398 g/mol. The van der Waals surface area contributed by atoms with Gasteiger partial charge in [-0.05, 0) is 62.0 Å². The van der Waals surface area contributed by atoms with Gasteiger partial charge in [-0.3, -0.25) is 24.2 Å². The number of nitrogens with zero attached hydrogens (tertiary/aromatic N) is 2. The molecule has 0 spiro atoms. The van der Waals surface area contributed by atoms with E-state index in [2.05, 4.69) is 21.7 Å². The summed E-state index contributed by atoms with van der Waals surface area (Å²) < 4.78 is 0. The van der Waals surface area contributed by atoms with Gasteiger partial charge in [0.2, 0.25) is 0 Å². The van der Waals surface area contributed by atoms with Crippen molar-refractivity contribution in [3.63, 3.8) is 0 Å². The van der Waals surface area contributed by atoms with Crippen LogP contribution in [0.25, 0.3) is 0 Å². The van der Waals surface area contributed by atoms with Gasteiger partial charge in [0.05, 0.1) is 17.2 Å². The van der Waals surface area contributed by atoms with E-state index in [4.69, 9.17) is 0 Å². The molecule has 0 unspecified atom stereocenters. The Morgan fingerprint density at radius 1 is 1.13 bits per heavy atom. The molecule has 1 aromatic heterocycles. The van der Waals surface area contributed by atoms with Gasteiger partial charge in [-0.15, -0.1) is 11.3 Å². The second-order valence-electron chi connectivity index (χ2n) is 7.86. The molecule has 0 radical (unpaired) electrons. The number of hydrogen-bond donors (Lipinski definition) is 1. The van der Waals surface area contributed by atoms with E-state index in [9.17, 15) is 14.4 Å². The second kappa shape index (κ2) is 9.10. The summed E-state index contributed by atoms with van der Waals surface area (Å²) in [5.41, 5.74) is 1.14. The maximum atomic E-state index is 12.8. The SMILES string of the molecule is CCCCN1C(=O)c2ccc(C(=O)NC[C@H](c3cccs3)N3CCCC3)cc2C1=O. The Hall–Kier alpha value is -2.51. The van der Waals surface area contributed by atoms with Crippen molar-refractivity contribution in [1.29, 1.82) is 0 Å². The van der Waals surface area contributed by atoms with Gasteiger partial charge in [0.1, 0.15) is 0 Å². The molecule has 0 saturated carbocycles. The fourth-order valence-electron chi connectivity index (χ4n) is 4.19. The highest BCUT2D eigenvalue weighted by Crippen LogP contribution is 2.28. The molecule has 2 aliphatic heterocycles. The standard InChI is InChI=1S/C23H27N3O3S/c1-2-3-12-26-22(28)17-9-8-16(14-18(17)23(26)29)21(27)24-15-19(20-7-6-13-30-20)25-10-4-5-11-25/h6-9,13-14,19H,2-5,10-12,15H2,1H3,(H,24,27)/t19-/m1/s1. The number of fused-ring (bicyclic) bond motifs is 1. The summed E-state index contributed by atoms with van der Waals surface area (Å²) in [4.78, 5) is 42.9. The van der Waals surface area contributed by atoms with Crippen molar-refractivity contribution < 1.29 is 14.4 Å². The van der Waals surface area contributed by atoms with Gasteiger partial charge in [0.25, 0.3) is 17.7 Å². The van der Waals surface area contributed by atoms with E-state index in [0.717, 1.165) is 25.9 Å². The minimum absolute atomic E-state index is 0.165. The molecule has 1 N–H and O–H groups in total. The third kappa shape index (κ3) is 4.04. The summed E-state index contributed by atoms with van der Waals surface area (Å²) >= 11 is 1.71. The van der Waals surface area contributed by atoms with E-state index < -0.39 is 0 Å². The number of imide groups is 1. The van der Waals surface area contributed by atoms with Crippen LogP contribution in [0.5, 0.6) is 0 Å². The lowest BCUT2D eigenvalue weighted by atomic mass is 10.1. The molecule has 6 nitrogen and oxygen atoms in total. The minimum Gasteiger partial charge on any atom is -0.350 e. The first kappa shape index (κ1) is 20.8. The fraction of sp³-hybridized carbons (Fsp3) is 0.435. The summed E-state index contributed by atoms with van der Waals surface area (Å²) in [7, 11) is 0. The van der Waals surface area contributed by atoms with Crippen LogP contribution in [0.1, 0.15) is 74.6 Å². The molecule has 0 bridgehead atoms. The third-order valence-corrected chi connectivity index (χ3v) is 6.85. The second-order valence-corrected chi connectivity index (χ2v) is 8.84. The van der Waals surface area contributed by atoms with Crippen molar-refractivity contribution in [1.82, 2.24) is 15.1 Å². The highest BCUT2D eigenvalue weighted by atomic mass is 32.1. The molecule has 1 fully saturated rings. The van der Waals surface area contributed by atoms with Gasteiger partial charge in [0.15, 0.2) is 0 Å². The van der Waals surface area contributed by atoms with E-state index in [-0.39, 0.29) is 23.8 Å². The number of amides is 3. The van der Waals surface area contributed by atoms with Crippen LogP contribution >= 0.6 is 11.3 Å². The lowest BCUT2D eigenvalue weighted by Gasteiger charge is -2.27. The highest BCUT2D eigenvalue weighted by Gasteiger charge is 2.35. The number of rotatable bonds is 8. The monoisotopic (exact) mass is 425 g/mol. The number of carbonyl (C=O) groups is 3. The van der Waals surface area contributed by atoms with Crippen molar-refractivity contribution in [2.75, 3.05) is 26.2 Å². The molecule has 3 heterocycles. The number of carbonyl (C=O) groups excluding carboxylic acids is 3. The van der Waals surface area contributed by atoms with Crippen LogP contribution in [0.15, 0.2) is 35.7 Å². The summed E-state index contributed by atoms with van der Waals surface area (Å²) in [5.74, 6) is -0.778. The normalized spacial score (nSPS) is 17.4. The Balaban J connectivity index is 1.46. The first-order chi connectivity index (χ1) is 14.6. The maximum Gasteiger partial charge on any atom is 0.261 e. The first-order valence-electron chi connectivity index (χ1n) is 10.7. The zero-order chi connectivity index (χ0) is 21.1. The molecule has 30 heavy (non-hydrogen) atoms. The van der Waals surface area contributed by atoms with Crippen LogP contribution in [-0.2, 0) is 0 Å². The molecule has 3 amide bonds. The lowest BCUT2D eigenvalue weighted by Crippen LogP contribution is -2.36. The average Bonchev–Trinajstić information content (AvgIpc) is 3.51. The molecule has 1 saturated heterocycles. The number of benzene rings is 1. The summed E-state index contributed by atoms with van der Waals surface area (Å²) in [6.45, 7) is 5.05. The predicted molar refractivity (Wildman–Crippen MR) is 117 cm³/mol. The smallest absolute Gasteiger partial charge is 0.261 e. The van der Waals surface area contributed by atoms with Gasteiger partial charge in [-0.1, -0.05) is 19.4 Å². The molecule has 2 aromatic rings. The summed E-state index contributed by atoms with van der Waals surface area (Å²) in [6, 6.07) is 9.13. The Labute approximate surface area is 180 Å². The number of unbranched alkanes of at least 4 members (excludes halogenated alkanes) is 1. The first-order valence-corrected chi connectivity index (χ1v) is 11.5. The Kier molecular flexibility index (Phi) is 6.29. The van der Waals surface area contributed by atoms with E-state index in [1.165, 1.54) is 22.6 Å². The fourth-order valence-corrected chi connectivity index (χ4v) is 5.05. The zero-order valence-corrected chi connectivity index (χ0v) is 18.0. The Morgan fingerprint density at radius 3 is 2.60 bits per heavy atom. The van der Waals surface area contributed by atoms with E-state index in [0.29, 0.717) is 29.8 Å². The molecule has 0 aliphatic carbocycles. The molecule has 4 rings (SSSR count). The topological polar surface area (TPSA) is 69.7 Å². The van der Waals surface area contributed by atoms with Crippen LogP contribution in [0.2, 0.25) is 0 Å². The van der Waals surface area contributed by atoms with E-state index in [1.807, 2.05) is 13.0 Å². The molecule has 2 aliphatic rings. The minimum atomic E-state index is -0.299. The van der Waals surface area contributed by atoms with Gasteiger partial charge < -0.3 is 5.32 Å². The van der Waals surface area contributed by atoms with Crippen molar-refractivity contribution in [3.8, 4) is 0 Å². The van der Waals surface area contributed by atoms with Crippen molar-refractivity contribution >= 4 is 29.1 Å². The molecule has 158 valence electrons. The number of nitrogens with one attached hydrogen (secondary N) is 1. The van der Waals surface area contributed by atoms with Crippen LogP contribution in [0.3, 0.4) is 0 Å². The van der Waals surface area contributed by atoms with Crippen LogP contribution in [-0.4, -0.2) is 53.7 Å². The number of thiophene rings is 1. The van der Waals surface area contributed by atoms with Crippen LogP contribution in [0, 0.1) is 0 Å². The molecule has 1 atom stereocenters. The number of hydrogen-bond acceptors (Lipinski definition) is 5. The lowest BCUT2D eigenvalue weighted by molar-refractivity contribution is 0.0652. The average molecular weight is 426 g/mol. The van der Waals surface area contributed by atoms with Gasteiger partial charge in [-0.25, -0.2) is 0 Å². The molecular formula is C23H27N3O3S. The van der Waals surface area contributed by atoms with E-state index >= 15 is 0 Å². The Bertz CT molecular complexity index is 935. The third-order valence-electron chi connectivity index (χ3n) is 5.88. The van der Waals surface area contributed by atoms with Crippen LogP contribution < -0.4 is 5.32 Å². The van der Waals surface area contributed by atoms with Gasteiger partial charge in [0, 0.05) is 23.5 Å². The highest BCUT2D eigenvalue weighted by molar-refractivity contribution is 7.10. The largest absolute Gasteiger partial charge is 0.350 e. The number of likely N-dealkylation sites (tertiary alicyclic amines) is 1. The Morgan fingerprint density at radius 2 is 1.90 bits per heavy atom. The van der Waals surface area contributed by atoms with Gasteiger partial charge >= 0.3 is 0 Å². The van der Waals surface area contributed by atoms with Crippen molar-refractivity contribution in [2.45, 2.75) is 38.6 Å². The van der Waals surface area contributed by atoms with E-state index in [1.54, 1.807) is 29.5 Å². The molecule has 7 heteroatoms.